The Kier molecular flexibility index (Phi) is 14.1. The maximum absolute atomic E-state index is 5.71. The average Bonchev–Trinajstić information content (AvgIpc) is 2.61. The highest BCUT2D eigenvalue weighted by Crippen LogP contribution is 2.30. The summed E-state index contributed by atoms with van der Waals surface area (Å²) >= 11 is 0. The van der Waals surface area contributed by atoms with Crippen LogP contribution in [0.2, 0.25) is 0 Å². The Morgan fingerprint density at radius 2 is 1.74 bits per heavy atom. The Morgan fingerprint density at radius 1 is 1.07 bits per heavy atom. The van der Waals surface area contributed by atoms with Crippen LogP contribution in [0.3, 0.4) is 0 Å². The summed E-state index contributed by atoms with van der Waals surface area (Å²) in [5.74, 6) is 2.32. The number of ether oxygens (including phenoxy) is 3. The van der Waals surface area contributed by atoms with E-state index in [4.69, 9.17) is 14.2 Å². The van der Waals surface area contributed by atoms with Gasteiger partial charge in [0.1, 0.15) is 0 Å². The van der Waals surface area contributed by atoms with Crippen molar-refractivity contribution in [2.45, 2.75) is 53.2 Å². The SMILES string of the molecule is CCOc1ccc(C(C)NC(=NC)NCCCOC(C)C)cc1OCC.I. The fourth-order valence-corrected chi connectivity index (χ4v) is 2.42. The quantitative estimate of drug-likeness (QED) is 0.210. The van der Waals surface area contributed by atoms with Crippen LogP contribution < -0.4 is 20.1 Å². The molecule has 6 nitrogen and oxygen atoms in total. The van der Waals surface area contributed by atoms with E-state index in [0.29, 0.717) is 13.2 Å². The third kappa shape index (κ3) is 10.0. The molecule has 1 aromatic carbocycles. The van der Waals surface area contributed by atoms with Crippen molar-refractivity contribution in [1.29, 1.82) is 0 Å². The first kappa shape index (κ1) is 25.8. The van der Waals surface area contributed by atoms with Crippen LogP contribution in [-0.4, -0.2) is 45.5 Å². The number of halogens is 1. The molecule has 0 saturated carbocycles. The van der Waals surface area contributed by atoms with E-state index in [1.807, 2.05) is 39.8 Å². The van der Waals surface area contributed by atoms with Crippen LogP contribution in [0.15, 0.2) is 23.2 Å². The average molecular weight is 493 g/mol. The lowest BCUT2D eigenvalue weighted by Crippen LogP contribution is -2.39. The van der Waals surface area contributed by atoms with E-state index in [9.17, 15) is 0 Å². The molecular formula is C20H36IN3O3. The first-order chi connectivity index (χ1) is 12.5. The summed E-state index contributed by atoms with van der Waals surface area (Å²) in [6.07, 6.45) is 1.21. The van der Waals surface area contributed by atoms with Crippen molar-refractivity contribution in [2.24, 2.45) is 4.99 Å². The molecule has 0 amide bonds. The predicted octanol–water partition coefficient (Wildman–Crippen LogP) is 4.14. The smallest absolute Gasteiger partial charge is 0.191 e. The molecule has 1 aromatic rings. The van der Waals surface area contributed by atoms with Crippen LogP contribution in [0.4, 0.5) is 0 Å². The highest BCUT2D eigenvalue weighted by Gasteiger charge is 2.12. The Balaban J connectivity index is 0.00000676. The fourth-order valence-electron chi connectivity index (χ4n) is 2.42. The standard InChI is InChI=1S/C20H35N3O3.HI/c1-7-24-18-11-10-17(14-19(18)25-8-2)16(5)23-20(21-6)22-12-9-13-26-15(3)4;/h10-11,14-16H,7-9,12-13H2,1-6H3,(H2,21,22,23);1H. The Labute approximate surface area is 181 Å². The van der Waals surface area contributed by atoms with Gasteiger partial charge in [0.25, 0.3) is 0 Å². The predicted molar refractivity (Wildman–Crippen MR) is 123 cm³/mol. The monoisotopic (exact) mass is 493 g/mol. The van der Waals surface area contributed by atoms with Crippen LogP contribution in [-0.2, 0) is 4.74 Å². The van der Waals surface area contributed by atoms with Crippen LogP contribution in [0.25, 0.3) is 0 Å². The van der Waals surface area contributed by atoms with Crippen molar-refractivity contribution in [3.05, 3.63) is 23.8 Å². The largest absolute Gasteiger partial charge is 0.490 e. The summed E-state index contributed by atoms with van der Waals surface area (Å²) in [5.41, 5.74) is 1.11. The van der Waals surface area contributed by atoms with Gasteiger partial charge in [-0.3, -0.25) is 4.99 Å². The highest BCUT2D eigenvalue weighted by atomic mass is 127. The van der Waals surface area contributed by atoms with Crippen LogP contribution in [0, 0.1) is 0 Å². The number of rotatable bonds is 11. The molecule has 0 aromatic heterocycles. The lowest BCUT2D eigenvalue weighted by atomic mass is 10.1. The molecule has 7 heteroatoms. The van der Waals surface area contributed by atoms with Gasteiger partial charge in [-0.1, -0.05) is 6.07 Å². The van der Waals surface area contributed by atoms with Gasteiger partial charge in [0.15, 0.2) is 17.5 Å². The van der Waals surface area contributed by atoms with Crippen molar-refractivity contribution in [1.82, 2.24) is 10.6 Å². The second-order valence-corrected chi connectivity index (χ2v) is 6.21. The molecule has 0 aliphatic carbocycles. The third-order valence-electron chi connectivity index (χ3n) is 3.71. The molecule has 0 heterocycles. The number of hydrogen-bond donors (Lipinski definition) is 2. The number of aliphatic imine (C=N–C) groups is 1. The second-order valence-electron chi connectivity index (χ2n) is 6.21. The minimum absolute atomic E-state index is 0. The Hall–Kier alpha value is -1.22. The zero-order valence-corrected chi connectivity index (χ0v) is 19.8. The molecule has 0 aliphatic heterocycles. The zero-order valence-electron chi connectivity index (χ0n) is 17.5. The summed E-state index contributed by atoms with van der Waals surface area (Å²) in [7, 11) is 1.77. The summed E-state index contributed by atoms with van der Waals surface area (Å²) < 4.78 is 16.9. The van der Waals surface area contributed by atoms with Gasteiger partial charge in [0.05, 0.1) is 25.4 Å². The Morgan fingerprint density at radius 3 is 2.33 bits per heavy atom. The van der Waals surface area contributed by atoms with Gasteiger partial charge in [-0.15, -0.1) is 24.0 Å². The number of nitrogens with one attached hydrogen (secondary N) is 2. The number of nitrogens with zero attached hydrogens (tertiary/aromatic N) is 1. The summed E-state index contributed by atoms with van der Waals surface area (Å²) in [6.45, 7) is 12.9. The number of benzene rings is 1. The molecule has 2 N–H and O–H groups in total. The van der Waals surface area contributed by atoms with E-state index in [-0.39, 0.29) is 36.1 Å². The third-order valence-corrected chi connectivity index (χ3v) is 3.71. The van der Waals surface area contributed by atoms with Crippen LogP contribution >= 0.6 is 24.0 Å². The molecular weight excluding hydrogens is 457 g/mol. The molecule has 1 rings (SSSR count). The van der Waals surface area contributed by atoms with Crippen molar-refractivity contribution in [3.8, 4) is 11.5 Å². The van der Waals surface area contributed by atoms with E-state index < -0.39 is 0 Å². The van der Waals surface area contributed by atoms with Crippen LogP contribution in [0.5, 0.6) is 11.5 Å². The van der Waals surface area contributed by atoms with Crippen molar-refractivity contribution in [2.75, 3.05) is 33.4 Å². The van der Waals surface area contributed by atoms with Gasteiger partial charge in [-0.2, -0.15) is 0 Å². The van der Waals surface area contributed by atoms with Crippen molar-refractivity contribution < 1.29 is 14.2 Å². The number of guanidine groups is 1. The summed E-state index contributed by atoms with van der Waals surface area (Å²) in [4.78, 5) is 4.29. The van der Waals surface area contributed by atoms with Gasteiger partial charge < -0.3 is 24.8 Å². The second kappa shape index (κ2) is 14.8. The molecule has 0 saturated heterocycles. The maximum atomic E-state index is 5.71. The molecule has 1 atom stereocenters. The Bertz CT molecular complexity index is 553. The molecule has 156 valence electrons. The van der Waals surface area contributed by atoms with E-state index in [1.165, 1.54) is 0 Å². The maximum Gasteiger partial charge on any atom is 0.191 e. The summed E-state index contributed by atoms with van der Waals surface area (Å²) in [6, 6.07) is 6.12. The van der Waals surface area contributed by atoms with Gasteiger partial charge in [-0.25, -0.2) is 0 Å². The molecule has 1 unspecified atom stereocenters. The fraction of sp³-hybridized carbons (Fsp3) is 0.650. The van der Waals surface area contributed by atoms with E-state index in [1.54, 1.807) is 7.05 Å². The molecule has 27 heavy (non-hydrogen) atoms. The normalized spacial score (nSPS) is 12.3. The lowest BCUT2D eigenvalue weighted by molar-refractivity contribution is 0.0776. The number of hydrogen-bond acceptors (Lipinski definition) is 4. The lowest BCUT2D eigenvalue weighted by Gasteiger charge is -2.20. The molecule has 0 fully saturated rings. The van der Waals surface area contributed by atoms with Gasteiger partial charge in [0, 0.05) is 20.2 Å². The minimum atomic E-state index is 0. The van der Waals surface area contributed by atoms with Gasteiger partial charge >= 0.3 is 0 Å². The topological polar surface area (TPSA) is 64.1 Å². The van der Waals surface area contributed by atoms with Gasteiger partial charge in [0.2, 0.25) is 0 Å². The highest BCUT2D eigenvalue weighted by molar-refractivity contribution is 14.0. The molecule has 0 radical (unpaired) electrons. The van der Waals surface area contributed by atoms with E-state index in [0.717, 1.165) is 42.6 Å². The first-order valence-corrected chi connectivity index (χ1v) is 9.50. The van der Waals surface area contributed by atoms with Crippen LogP contribution in [0.1, 0.15) is 52.6 Å². The van der Waals surface area contributed by atoms with Gasteiger partial charge in [-0.05, 0) is 58.7 Å². The van der Waals surface area contributed by atoms with E-state index in [2.05, 4.69) is 28.6 Å². The molecule has 0 spiro atoms. The summed E-state index contributed by atoms with van der Waals surface area (Å²) in [5, 5.41) is 6.72. The van der Waals surface area contributed by atoms with Crippen molar-refractivity contribution >= 4 is 29.9 Å². The van der Waals surface area contributed by atoms with Crippen molar-refractivity contribution in [3.63, 3.8) is 0 Å². The van der Waals surface area contributed by atoms with E-state index >= 15 is 0 Å². The first-order valence-electron chi connectivity index (χ1n) is 9.50. The molecule has 0 aliphatic rings. The molecule has 0 bridgehead atoms. The minimum Gasteiger partial charge on any atom is -0.490 e. The zero-order chi connectivity index (χ0) is 19.4.